The van der Waals surface area contributed by atoms with Crippen LogP contribution in [0.3, 0.4) is 0 Å². The number of nitrogens with zero attached hydrogens (tertiary/aromatic N) is 2. The molecule has 4 heteroatoms. The summed E-state index contributed by atoms with van der Waals surface area (Å²) >= 11 is 0. The van der Waals surface area contributed by atoms with E-state index < -0.39 is 0 Å². The second-order valence-corrected chi connectivity index (χ2v) is 6.73. The van der Waals surface area contributed by atoms with Crippen LogP contribution < -0.4 is 0 Å². The van der Waals surface area contributed by atoms with Gasteiger partial charge >= 0.3 is 0 Å². The highest BCUT2D eigenvalue weighted by molar-refractivity contribution is 5.94. The summed E-state index contributed by atoms with van der Waals surface area (Å²) in [5.74, 6) is 0.0199. The van der Waals surface area contributed by atoms with Gasteiger partial charge in [-0.1, -0.05) is 24.3 Å². The molecule has 0 bridgehead atoms. The molecule has 0 N–H and O–H groups in total. The number of hydrogen-bond donors (Lipinski definition) is 0. The molecule has 0 saturated heterocycles. The van der Waals surface area contributed by atoms with Crippen LogP contribution >= 0.6 is 0 Å². The number of benzene rings is 2. The van der Waals surface area contributed by atoms with E-state index in [-0.39, 0.29) is 12.0 Å². The van der Waals surface area contributed by atoms with Crippen molar-refractivity contribution >= 4 is 5.91 Å². The van der Waals surface area contributed by atoms with E-state index in [1.54, 1.807) is 4.90 Å². The van der Waals surface area contributed by atoms with E-state index in [9.17, 15) is 4.79 Å². The van der Waals surface area contributed by atoms with Crippen molar-refractivity contribution in [2.45, 2.75) is 19.1 Å². The van der Waals surface area contributed by atoms with E-state index in [2.05, 4.69) is 18.2 Å². The van der Waals surface area contributed by atoms with Crippen LogP contribution in [0.4, 0.5) is 0 Å². The van der Waals surface area contributed by atoms with Crippen LogP contribution in [-0.4, -0.2) is 35.1 Å². The summed E-state index contributed by atoms with van der Waals surface area (Å²) in [6.07, 6.45) is 4.86. The third-order valence-corrected chi connectivity index (χ3v) is 4.88. The molecule has 4 nitrogen and oxygen atoms in total. The zero-order valence-electron chi connectivity index (χ0n) is 14.8. The molecular weight excluding hydrogens is 324 g/mol. The zero-order chi connectivity index (χ0) is 17.9. The lowest BCUT2D eigenvalue weighted by molar-refractivity contribution is 0.00985. The molecule has 0 fully saturated rings. The van der Waals surface area contributed by atoms with Crippen molar-refractivity contribution in [3.63, 3.8) is 0 Å². The normalized spacial score (nSPS) is 16.1. The smallest absolute Gasteiger partial charge is 0.253 e. The lowest BCUT2D eigenvalue weighted by atomic mass is 9.99. The van der Waals surface area contributed by atoms with Gasteiger partial charge < -0.3 is 14.2 Å². The van der Waals surface area contributed by atoms with Crippen molar-refractivity contribution < 1.29 is 9.53 Å². The lowest BCUT2D eigenvalue weighted by Gasteiger charge is -2.29. The van der Waals surface area contributed by atoms with Gasteiger partial charge in [-0.25, -0.2) is 0 Å². The molecule has 1 aromatic heterocycles. The topological polar surface area (TPSA) is 34.5 Å². The summed E-state index contributed by atoms with van der Waals surface area (Å²) in [5.41, 5.74) is 4.31. The predicted octanol–water partition coefficient (Wildman–Crippen LogP) is 3.69. The van der Waals surface area contributed by atoms with Crippen molar-refractivity contribution in [3.8, 4) is 5.69 Å². The van der Waals surface area contributed by atoms with Gasteiger partial charge in [0.15, 0.2) is 0 Å². The fourth-order valence-electron chi connectivity index (χ4n) is 3.42. The Kier molecular flexibility index (Phi) is 4.59. The average Bonchev–Trinajstić information content (AvgIpc) is 3.22. The Morgan fingerprint density at radius 2 is 1.73 bits per heavy atom. The predicted molar refractivity (Wildman–Crippen MR) is 101 cm³/mol. The molecule has 2 aromatic carbocycles. The molecule has 0 aliphatic carbocycles. The first kappa shape index (κ1) is 16.6. The maximum Gasteiger partial charge on any atom is 0.253 e. The van der Waals surface area contributed by atoms with Crippen LogP contribution in [0.5, 0.6) is 0 Å². The molecule has 1 atom stereocenters. The molecule has 0 saturated carbocycles. The van der Waals surface area contributed by atoms with E-state index >= 15 is 0 Å². The fraction of sp³-hybridized carbons (Fsp3) is 0.227. The summed E-state index contributed by atoms with van der Waals surface area (Å²) in [6.45, 7) is 1.21. The third kappa shape index (κ3) is 3.41. The lowest BCUT2D eigenvalue weighted by Crippen LogP contribution is -2.38. The number of rotatable bonds is 4. The molecule has 2 heterocycles. The summed E-state index contributed by atoms with van der Waals surface area (Å²) in [5, 5.41) is 0. The van der Waals surface area contributed by atoms with Gasteiger partial charge in [0.1, 0.15) is 0 Å². The van der Waals surface area contributed by atoms with E-state index in [1.807, 2.05) is 66.5 Å². The monoisotopic (exact) mass is 346 g/mol. The summed E-state index contributed by atoms with van der Waals surface area (Å²) in [7, 11) is 1.84. The highest BCUT2D eigenvalue weighted by Crippen LogP contribution is 2.21. The molecule has 132 valence electrons. The molecule has 0 spiro atoms. The summed E-state index contributed by atoms with van der Waals surface area (Å²) in [6, 6.07) is 20.0. The number of carbonyl (C=O) groups excluding carboxylic acids is 1. The van der Waals surface area contributed by atoms with Gasteiger partial charge in [-0.05, 0) is 47.5 Å². The highest BCUT2D eigenvalue weighted by Gasteiger charge is 2.22. The van der Waals surface area contributed by atoms with Gasteiger partial charge in [-0.3, -0.25) is 4.79 Å². The summed E-state index contributed by atoms with van der Waals surface area (Å²) in [4.78, 5) is 14.5. The quantitative estimate of drug-likeness (QED) is 0.722. The van der Waals surface area contributed by atoms with Gasteiger partial charge in [0.05, 0.1) is 12.7 Å². The Labute approximate surface area is 153 Å². The second-order valence-electron chi connectivity index (χ2n) is 6.73. The molecule has 1 aliphatic rings. The van der Waals surface area contributed by atoms with Crippen LogP contribution in [-0.2, 0) is 17.8 Å². The Morgan fingerprint density at radius 1 is 1.04 bits per heavy atom. The first-order valence-corrected chi connectivity index (χ1v) is 8.88. The maximum atomic E-state index is 12.7. The molecule has 3 aromatic rings. The van der Waals surface area contributed by atoms with Gasteiger partial charge in [0.2, 0.25) is 0 Å². The molecule has 1 unspecified atom stereocenters. The van der Waals surface area contributed by atoms with Gasteiger partial charge in [0.25, 0.3) is 5.91 Å². The molecule has 1 aliphatic heterocycles. The largest absolute Gasteiger partial charge is 0.371 e. The summed E-state index contributed by atoms with van der Waals surface area (Å²) < 4.78 is 7.95. The number of fused-ring (bicyclic) bond motifs is 1. The SMILES string of the molecule is CN(CC1Cc2ccccc2CO1)C(=O)c1ccc(-n2cccc2)cc1. The standard InChI is InChI=1S/C22H22N2O2/c1-23(15-21-14-18-6-2-3-7-19(18)16-26-21)22(25)17-8-10-20(11-9-17)24-12-4-5-13-24/h2-13,21H,14-16H2,1H3. The Bertz CT molecular complexity index is 885. The van der Waals surface area contributed by atoms with Gasteiger partial charge in [0, 0.05) is 43.7 Å². The van der Waals surface area contributed by atoms with E-state index in [0.29, 0.717) is 18.7 Å². The molecule has 26 heavy (non-hydrogen) atoms. The second kappa shape index (κ2) is 7.18. The van der Waals surface area contributed by atoms with Crippen LogP contribution in [0, 0.1) is 0 Å². The number of carbonyl (C=O) groups is 1. The number of ether oxygens (including phenoxy) is 1. The van der Waals surface area contributed by atoms with Crippen LogP contribution in [0.2, 0.25) is 0 Å². The van der Waals surface area contributed by atoms with Crippen molar-refractivity contribution in [2.24, 2.45) is 0 Å². The minimum Gasteiger partial charge on any atom is -0.371 e. The Balaban J connectivity index is 1.40. The molecule has 0 radical (unpaired) electrons. The van der Waals surface area contributed by atoms with Crippen molar-refractivity contribution in [3.05, 3.63) is 89.7 Å². The molecular formula is C22H22N2O2. The van der Waals surface area contributed by atoms with E-state index in [1.165, 1.54) is 11.1 Å². The van der Waals surface area contributed by atoms with Gasteiger partial charge in [-0.2, -0.15) is 0 Å². The minimum atomic E-state index is 0.0199. The third-order valence-electron chi connectivity index (χ3n) is 4.88. The minimum absolute atomic E-state index is 0.0199. The number of hydrogen-bond acceptors (Lipinski definition) is 2. The van der Waals surface area contributed by atoms with Crippen LogP contribution in [0.25, 0.3) is 5.69 Å². The Morgan fingerprint density at radius 3 is 2.46 bits per heavy atom. The van der Waals surface area contributed by atoms with Gasteiger partial charge in [-0.15, -0.1) is 0 Å². The zero-order valence-corrected chi connectivity index (χ0v) is 14.8. The first-order valence-electron chi connectivity index (χ1n) is 8.88. The van der Waals surface area contributed by atoms with E-state index in [0.717, 1.165) is 12.1 Å². The Hall–Kier alpha value is -2.85. The molecule has 4 rings (SSSR count). The maximum absolute atomic E-state index is 12.7. The van der Waals surface area contributed by atoms with Crippen molar-refractivity contribution in [1.82, 2.24) is 9.47 Å². The van der Waals surface area contributed by atoms with Crippen LogP contribution in [0.15, 0.2) is 73.1 Å². The van der Waals surface area contributed by atoms with E-state index in [4.69, 9.17) is 4.74 Å². The number of likely N-dealkylation sites (N-methyl/N-ethyl adjacent to an activating group) is 1. The number of aromatic nitrogens is 1. The fourth-order valence-corrected chi connectivity index (χ4v) is 3.42. The number of amides is 1. The molecule has 1 amide bonds. The van der Waals surface area contributed by atoms with Crippen molar-refractivity contribution in [1.29, 1.82) is 0 Å². The highest BCUT2D eigenvalue weighted by atomic mass is 16.5. The van der Waals surface area contributed by atoms with Crippen molar-refractivity contribution in [2.75, 3.05) is 13.6 Å². The first-order chi connectivity index (χ1) is 12.7. The van der Waals surface area contributed by atoms with Crippen LogP contribution in [0.1, 0.15) is 21.5 Å². The average molecular weight is 346 g/mol.